The normalized spacial score (nSPS) is 20.8. The van der Waals surface area contributed by atoms with Crippen LogP contribution in [0.2, 0.25) is 0 Å². The molecule has 0 amide bonds. The molecule has 0 aliphatic carbocycles. The van der Waals surface area contributed by atoms with Crippen molar-refractivity contribution in [2.45, 2.75) is 44.1 Å². The minimum absolute atomic E-state index is 0.155. The zero-order valence-corrected chi connectivity index (χ0v) is 17.8. The quantitative estimate of drug-likeness (QED) is 0.703. The van der Waals surface area contributed by atoms with Crippen LogP contribution in [0.15, 0.2) is 60.7 Å². The smallest absolute Gasteiger partial charge is 0.135 e. The van der Waals surface area contributed by atoms with Crippen molar-refractivity contribution in [2.24, 2.45) is 0 Å². The second-order valence-corrected chi connectivity index (χ2v) is 8.72. The number of aryl methyl sites for hydroxylation is 1. The highest BCUT2D eigenvalue weighted by molar-refractivity contribution is 5.79. The minimum atomic E-state index is -0.155. The third kappa shape index (κ3) is 4.88. The van der Waals surface area contributed by atoms with Crippen LogP contribution < -0.4 is 0 Å². The highest BCUT2D eigenvalue weighted by Gasteiger charge is 2.41. The number of hydrogen-bond acceptors (Lipinski definition) is 4. The molecular weight excluding hydrogens is 372 g/mol. The highest BCUT2D eigenvalue weighted by Crippen LogP contribution is 2.37. The molecule has 0 saturated carbocycles. The van der Waals surface area contributed by atoms with Crippen LogP contribution in [0.4, 0.5) is 0 Å². The van der Waals surface area contributed by atoms with Crippen molar-refractivity contribution >= 4 is 11.6 Å². The molecule has 2 heterocycles. The SMILES string of the molecule is O=C1CCN(CC(CCc2ccccc2)(c2ccccc2)N2CCC(=O)CC2)CC1. The first-order valence-electron chi connectivity index (χ1n) is 11.3. The molecule has 0 bridgehead atoms. The standard InChI is InChI=1S/C26H32N2O2/c29-24-12-17-27(18-13-24)21-26(23-9-5-2-6-10-23,28-19-14-25(30)15-20-28)16-11-22-7-3-1-4-8-22/h1-10H,11-21H2. The van der Waals surface area contributed by atoms with E-state index in [0.717, 1.165) is 45.6 Å². The summed E-state index contributed by atoms with van der Waals surface area (Å²) in [6, 6.07) is 21.5. The monoisotopic (exact) mass is 404 g/mol. The van der Waals surface area contributed by atoms with Gasteiger partial charge in [-0.15, -0.1) is 0 Å². The summed E-state index contributed by atoms with van der Waals surface area (Å²) in [4.78, 5) is 28.8. The van der Waals surface area contributed by atoms with Crippen LogP contribution in [0.3, 0.4) is 0 Å². The van der Waals surface area contributed by atoms with Crippen molar-refractivity contribution in [1.29, 1.82) is 0 Å². The fraction of sp³-hybridized carbons (Fsp3) is 0.462. The maximum Gasteiger partial charge on any atom is 0.135 e. The third-order valence-electron chi connectivity index (χ3n) is 6.81. The molecule has 0 aromatic heterocycles. The fourth-order valence-electron chi connectivity index (χ4n) is 5.01. The second kappa shape index (κ2) is 9.67. The molecule has 0 N–H and O–H groups in total. The molecule has 2 aliphatic rings. The van der Waals surface area contributed by atoms with Gasteiger partial charge in [-0.25, -0.2) is 0 Å². The van der Waals surface area contributed by atoms with Gasteiger partial charge in [0.25, 0.3) is 0 Å². The van der Waals surface area contributed by atoms with E-state index in [1.807, 2.05) is 0 Å². The molecular formula is C26H32N2O2. The number of carbonyl (C=O) groups excluding carboxylic acids is 2. The number of nitrogens with zero attached hydrogens (tertiary/aromatic N) is 2. The van der Waals surface area contributed by atoms with E-state index in [-0.39, 0.29) is 5.54 Å². The number of carbonyl (C=O) groups is 2. The van der Waals surface area contributed by atoms with Gasteiger partial charge in [-0.1, -0.05) is 60.7 Å². The molecule has 2 fully saturated rings. The van der Waals surface area contributed by atoms with Gasteiger partial charge in [0.15, 0.2) is 0 Å². The Bertz CT molecular complexity index is 832. The number of benzene rings is 2. The highest BCUT2D eigenvalue weighted by atomic mass is 16.1. The van der Waals surface area contributed by atoms with E-state index in [1.165, 1.54) is 11.1 Å². The lowest BCUT2D eigenvalue weighted by molar-refractivity contribution is -0.125. The van der Waals surface area contributed by atoms with Gasteiger partial charge in [-0.2, -0.15) is 0 Å². The lowest BCUT2D eigenvalue weighted by atomic mass is 9.80. The average Bonchev–Trinajstić information content (AvgIpc) is 2.80. The first kappa shape index (κ1) is 21.0. The number of piperidine rings is 2. The van der Waals surface area contributed by atoms with Crippen LogP contribution in [0.25, 0.3) is 0 Å². The van der Waals surface area contributed by atoms with Crippen molar-refractivity contribution < 1.29 is 9.59 Å². The molecule has 2 aliphatic heterocycles. The molecule has 4 nitrogen and oxygen atoms in total. The molecule has 0 spiro atoms. The zero-order chi connectivity index (χ0) is 20.8. The van der Waals surface area contributed by atoms with Crippen molar-refractivity contribution in [3.63, 3.8) is 0 Å². The van der Waals surface area contributed by atoms with E-state index in [1.54, 1.807) is 0 Å². The fourth-order valence-corrected chi connectivity index (χ4v) is 5.01. The summed E-state index contributed by atoms with van der Waals surface area (Å²) in [5.74, 6) is 0.754. The summed E-state index contributed by atoms with van der Waals surface area (Å²) >= 11 is 0. The molecule has 30 heavy (non-hydrogen) atoms. The van der Waals surface area contributed by atoms with Crippen molar-refractivity contribution in [2.75, 3.05) is 32.7 Å². The summed E-state index contributed by atoms with van der Waals surface area (Å²) in [6.07, 6.45) is 4.58. The van der Waals surface area contributed by atoms with Gasteiger partial charge in [0.2, 0.25) is 0 Å². The lowest BCUT2D eigenvalue weighted by Gasteiger charge is -2.49. The van der Waals surface area contributed by atoms with Gasteiger partial charge >= 0.3 is 0 Å². The van der Waals surface area contributed by atoms with Crippen molar-refractivity contribution in [3.05, 3.63) is 71.8 Å². The second-order valence-electron chi connectivity index (χ2n) is 8.72. The van der Waals surface area contributed by atoms with Crippen LogP contribution in [0.1, 0.15) is 43.2 Å². The van der Waals surface area contributed by atoms with Gasteiger partial charge < -0.3 is 4.90 Å². The summed E-state index contributed by atoms with van der Waals surface area (Å²) in [5.41, 5.74) is 2.52. The maximum atomic E-state index is 12.0. The molecule has 1 unspecified atom stereocenters. The Labute approximate surface area is 179 Å². The molecule has 2 saturated heterocycles. The van der Waals surface area contributed by atoms with Gasteiger partial charge in [0.05, 0.1) is 5.54 Å². The zero-order valence-electron chi connectivity index (χ0n) is 17.8. The minimum Gasteiger partial charge on any atom is -0.300 e. The summed E-state index contributed by atoms with van der Waals surface area (Å²) < 4.78 is 0. The van der Waals surface area contributed by atoms with Crippen LogP contribution in [0.5, 0.6) is 0 Å². The number of ketones is 2. The molecule has 1 atom stereocenters. The van der Waals surface area contributed by atoms with Crippen molar-refractivity contribution in [3.8, 4) is 0 Å². The number of rotatable bonds is 7. The molecule has 4 heteroatoms. The first-order valence-corrected chi connectivity index (χ1v) is 11.3. The maximum absolute atomic E-state index is 12.0. The van der Waals surface area contributed by atoms with Crippen LogP contribution in [-0.4, -0.2) is 54.1 Å². The number of hydrogen-bond donors (Lipinski definition) is 0. The Morgan fingerprint density at radius 1 is 0.700 bits per heavy atom. The van der Waals surface area contributed by atoms with Gasteiger partial charge in [0, 0.05) is 58.4 Å². The van der Waals surface area contributed by atoms with E-state index in [0.29, 0.717) is 37.2 Å². The molecule has 158 valence electrons. The third-order valence-corrected chi connectivity index (χ3v) is 6.81. The van der Waals surface area contributed by atoms with E-state index in [9.17, 15) is 9.59 Å². The Balaban J connectivity index is 1.67. The Kier molecular flexibility index (Phi) is 6.76. The summed E-state index contributed by atoms with van der Waals surface area (Å²) in [5, 5.41) is 0. The Hall–Kier alpha value is -2.30. The van der Waals surface area contributed by atoms with E-state index in [2.05, 4.69) is 70.5 Å². The van der Waals surface area contributed by atoms with Crippen LogP contribution >= 0.6 is 0 Å². The van der Waals surface area contributed by atoms with Crippen molar-refractivity contribution in [1.82, 2.24) is 9.80 Å². The van der Waals surface area contributed by atoms with Crippen LogP contribution in [-0.2, 0) is 21.5 Å². The number of Topliss-reactive ketones (excluding diaryl/α,β-unsaturated/α-hetero) is 2. The van der Waals surface area contributed by atoms with Gasteiger partial charge in [-0.05, 0) is 24.0 Å². The predicted octanol–water partition coefficient (Wildman–Crippen LogP) is 3.84. The summed E-state index contributed by atoms with van der Waals surface area (Å²) in [7, 11) is 0. The molecule has 4 rings (SSSR count). The molecule has 0 radical (unpaired) electrons. The Morgan fingerprint density at radius 2 is 1.23 bits per heavy atom. The molecule has 2 aromatic rings. The number of likely N-dealkylation sites (tertiary alicyclic amines) is 2. The van der Waals surface area contributed by atoms with Gasteiger partial charge in [0.1, 0.15) is 11.6 Å². The Morgan fingerprint density at radius 3 is 1.83 bits per heavy atom. The van der Waals surface area contributed by atoms with E-state index < -0.39 is 0 Å². The largest absolute Gasteiger partial charge is 0.300 e. The van der Waals surface area contributed by atoms with Gasteiger partial charge in [-0.3, -0.25) is 14.5 Å². The van der Waals surface area contributed by atoms with E-state index >= 15 is 0 Å². The molecule has 2 aromatic carbocycles. The van der Waals surface area contributed by atoms with E-state index in [4.69, 9.17) is 0 Å². The van der Waals surface area contributed by atoms with Crippen LogP contribution in [0, 0.1) is 0 Å². The predicted molar refractivity (Wildman–Crippen MR) is 119 cm³/mol. The lowest BCUT2D eigenvalue weighted by Crippen LogP contribution is -2.57. The average molecular weight is 405 g/mol. The first-order chi connectivity index (χ1) is 14.7. The summed E-state index contributed by atoms with van der Waals surface area (Å²) in [6.45, 7) is 4.22. The topological polar surface area (TPSA) is 40.6 Å².